The number of rotatable bonds is 11. The van der Waals surface area contributed by atoms with Gasteiger partial charge >= 0.3 is 0 Å². The van der Waals surface area contributed by atoms with Gasteiger partial charge in [0.25, 0.3) is 0 Å². The second-order valence-electron chi connectivity index (χ2n) is 7.88. The Morgan fingerprint density at radius 3 is 2.39 bits per heavy atom. The zero-order valence-corrected chi connectivity index (χ0v) is 21.2. The number of hydrogen-bond donors (Lipinski definition) is 2. The van der Waals surface area contributed by atoms with Crippen molar-refractivity contribution in [3.8, 4) is 28.6 Å². The van der Waals surface area contributed by atoms with Gasteiger partial charge in [-0.25, -0.2) is 4.98 Å². The molecule has 0 aliphatic rings. The molecule has 0 aliphatic carbocycles. The van der Waals surface area contributed by atoms with Crippen LogP contribution in [-0.2, 0) is 11.3 Å². The fourth-order valence-corrected chi connectivity index (χ4v) is 4.64. The van der Waals surface area contributed by atoms with Crippen molar-refractivity contribution in [2.45, 2.75) is 23.4 Å². The molecule has 9 heteroatoms. The van der Waals surface area contributed by atoms with Gasteiger partial charge in [-0.05, 0) is 47.5 Å². The van der Waals surface area contributed by atoms with Crippen molar-refractivity contribution < 1.29 is 19.0 Å². The molecule has 0 unspecified atom stereocenters. The molecule has 0 bridgehead atoms. The molecule has 4 rings (SSSR count). The number of methoxy groups -OCH3 is 3. The fourth-order valence-electron chi connectivity index (χ4n) is 3.62. The molecule has 1 atom stereocenters. The minimum Gasteiger partial charge on any atom is -0.497 e. The highest BCUT2D eigenvalue weighted by Gasteiger charge is 2.22. The highest BCUT2D eigenvalue weighted by atomic mass is 32.2. The summed E-state index contributed by atoms with van der Waals surface area (Å²) in [5.41, 5.74) is 2.83. The highest BCUT2D eigenvalue weighted by molar-refractivity contribution is 7.99. The van der Waals surface area contributed by atoms with Crippen LogP contribution in [0.15, 0.2) is 78.0 Å². The predicted molar refractivity (Wildman–Crippen MR) is 139 cm³/mol. The first kappa shape index (κ1) is 25.1. The van der Waals surface area contributed by atoms with E-state index in [4.69, 9.17) is 14.2 Å². The van der Waals surface area contributed by atoms with Gasteiger partial charge in [0.15, 0.2) is 17.3 Å². The summed E-state index contributed by atoms with van der Waals surface area (Å²) in [6.07, 6.45) is 0.236. The van der Waals surface area contributed by atoms with Crippen molar-refractivity contribution in [2.75, 3.05) is 21.3 Å². The summed E-state index contributed by atoms with van der Waals surface area (Å²) in [6.45, 7) is 0.464. The van der Waals surface area contributed by atoms with Crippen LogP contribution in [0.4, 0.5) is 0 Å². The molecule has 0 saturated heterocycles. The van der Waals surface area contributed by atoms with Crippen LogP contribution in [0, 0.1) is 0 Å². The topological polar surface area (TPSA) is 98.4 Å². The lowest BCUT2D eigenvalue weighted by atomic mass is 10.1. The summed E-state index contributed by atoms with van der Waals surface area (Å²) in [4.78, 5) is 17.6. The lowest BCUT2D eigenvalue weighted by Gasteiger charge is -2.17. The van der Waals surface area contributed by atoms with Gasteiger partial charge < -0.3 is 19.5 Å². The molecular weight excluding hydrogens is 476 g/mol. The van der Waals surface area contributed by atoms with E-state index in [2.05, 4.69) is 20.5 Å². The Labute approximate surface area is 214 Å². The number of ether oxygens (including phenoxy) is 3. The summed E-state index contributed by atoms with van der Waals surface area (Å²) in [6, 6.07) is 23.0. The molecule has 0 saturated carbocycles. The number of carbonyl (C=O) groups is 1. The normalized spacial score (nSPS) is 11.5. The van der Waals surface area contributed by atoms with Gasteiger partial charge in [-0.15, -0.1) is 5.10 Å². The number of carbonyl (C=O) groups excluding carboxylic acids is 1. The zero-order chi connectivity index (χ0) is 25.3. The van der Waals surface area contributed by atoms with Gasteiger partial charge in [0, 0.05) is 23.8 Å². The van der Waals surface area contributed by atoms with Crippen LogP contribution in [0.5, 0.6) is 17.2 Å². The van der Waals surface area contributed by atoms with Crippen LogP contribution in [0.2, 0.25) is 0 Å². The van der Waals surface area contributed by atoms with E-state index in [0.29, 0.717) is 29.0 Å². The van der Waals surface area contributed by atoms with Crippen molar-refractivity contribution in [3.63, 3.8) is 0 Å². The molecule has 4 aromatic rings. The van der Waals surface area contributed by atoms with E-state index in [1.54, 1.807) is 21.3 Å². The molecule has 3 aromatic carbocycles. The third-order valence-corrected chi connectivity index (χ3v) is 6.68. The summed E-state index contributed by atoms with van der Waals surface area (Å²) in [5.74, 6) is 2.55. The Balaban J connectivity index is 1.53. The minimum atomic E-state index is -0.250. The van der Waals surface area contributed by atoms with E-state index in [0.717, 1.165) is 22.4 Å². The summed E-state index contributed by atoms with van der Waals surface area (Å²) >= 11 is 1.41. The third kappa shape index (κ3) is 6.37. The largest absolute Gasteiger partial charge is 0.497 e. The van der Waals surface area contributed by atoms with Crippen molar-refractivity contribution in [1.82, 2.24) is 20.5 Å². The summed E-state index contributed by atoms with van der Waals surface area (Å²) in [5, 5.41) is 10.7. The number of thioether (sulfide) groups is 1. The van der Waals surface area contributed by atoms with E-state index in [1.807, 2.05) is 72.8 Å². The highest BCUT2D eigenvalue weighted by Crippen LogP contribution is 2.40. The molecule has 0 spiro atoms. The molecule has 1 amide bonds. The maximum atomic E-state index is 12.9. The molecule has 2 N–H and O–H groups in total. The average Bonchev–Trinajstić information content (AvgIpc) is 3.40. The molecule has 0 aliphatic heterocycles. The monoisotopic (exact) mass is 504 g/mol. The van der Waals surface area contributed by atoms with Crippen LogP contribution in [-0.4, -0.2) is 42.4 Å². The van der Waals surface area contributed by atoms with E-state index in [9.17, 15) is 4.79 Å². The number of aromatic amines is 1. The van der Waals surface area contributed by atoms with Crippen molar-refractivity contribution in [1.29, 1.82) is 0 Å². The van der Waals surface area contributed by atoms with Gasteiger partial charge in [0.2, 0.25) is 11.1 Å². The standard InChI is InChI=1S/C27H28N4O4S/c1-33-21-12-9-19(10-13-21)26-29-27(31-30-26)36-24(20-11-14-22(34-2)23(15-20)35-3)16-25(32)28-17-18-7-5-4-6-8-18/h4-15,24H,16-17H2,1-3H3,(H,28,32)(H,29,30,31)/t24-/m0/s1. The number of nitrogens with zero attached hydrogens (tertiary/aromatic N) is 2. The second-order valence-corrected chi connectivity index (χ2v) is 9.05. The molecule has 186 valence electrons. The van der Waals surface area contributed by atoms with Gasteiger partial charge in [-0.1, -0.05) is 48.2 Å². The number of benzene rings is 3. The fraction of sp³-hybridized carbons (Fsp3) is 0.222. The molecular formula is C27H28N4O4S. The lowest BCUT2D eigenvalue weighted by molar-refractivity contribution is -0.121. The smallest absolute Gasteiger partial charge is 0.221 e. The Hall–Kier alpha value is -3.98. The first-order valence-corrected chi connectivity index (χ1v) is 12.2. The minimum absolute atomic E-state index is 0.0722. The number of hydrogen-bond acceptors (Lipinski definition) is 7. The van der Waals surface area contributed by atoms with Crippen LogP contribution < -0.4 is 19.5 Å². The van der Waals surface area contributed by atoms with Gasteiger partial charge in [0.05, 0.1) is 21.3 Å². The zero-order valence-electron chi connectivity index (χ0n) is 20.4. The van der Waals surface area contributed by atoms with Gasteiger partial charge in [-0.3, -0.25) is 9.89 Å². The number of nitrogens with one attached hydrogen (secondary N) is 2. The van der Waals surface area contributed by atoms with Gasteiger partial charge in [-0.2, -0.15) is 0 Å². The van der Waals surface area contributed by atoms with E-state index >= 15 is 0 Å². The number of amides is 1. The summed E-state index contributed by atoms with van der Waals surface area (Å²) in [7, 11) is 4.81. The quantitative estimate of drug-likeness (QED) is 0.276. The maximum absolute atomic E-state index is 12.9. The molecule has 1 heterocycles. The Morgan fingerprint density at radius 2 is 1.69 bits per heavy atom. The van der Waals surface area contributed by atoms with Crippen LogP contribution in [0.1, 0.15) is 22.8 Å². The predicted octanol–water partition coefficient (Wildman–Crippen LogP) is 5.04. The molecule has 0 fully saturated rings. The first-order valence-electron chi connectivity index (χ1n) is 11.4. The number of aromatic nitrogens is 3. The molecule has 0 radical (unpaired) electrons. The van der Waals surface area contributed by atoms with E-state index < -0.39 is 0 Å². The van der Waals surface area contributed by atoms with Gasteiger partial charge in [0.1, 0.15) is 5.75 Å². The molecule has 36 heavy (non-hydrogen) atoms. The van der Waals surface area contributed by atoms with Crippen LogP contribution >= 0.6 is 11.8 Å². The second kappa shape index (κ2) is 12.1. The average molecular weight is 505 g/mol. The summed E-state index contributed by atoms with van der Waals surface area (Å²) < 4.78 is 16.1. The third-order valence-electron chi connectivity index (χ3n) is 5.56. The van der Waals surface area contributed by atoms with Crippen LogP contribution in [0.3, 0.4) is 0 Å². The van der Waals surface area contributed by atoms with Crippen molar-refractivity contribution >= 4 is 17.7 Å². The lowest BCUT2D eigenvalue weighted by Crippen LogP contribution is -2.24. The Morgan fingerprint density at radius 1 is 0.944 bits per heavy atom. The van der Waals surface area contributed by atoms with E-state index in [1.165, 1.54) is 11.8 Å². The van der Waals surface area contributed by atoms with Crippen molar-refractivity contribution in [3.05, 3.63) is 83.9 Å². The molecule has 1 aromatic heterocycles. The van der Waals surface area contributed by atoms with Crippen LogP contribution in [0.25, 0.3) is 11.4 Å². The molecule has 8 nitrogen and oxygen atoms in total. The maximum Gasteiger partial charge on any atom is 0.221 e. The first-order chi connectivity index (χ1) is 17.6. The Kier molecular flexibility index (Phi) is 8.46. The number of H-pyrrole nitrogens is 1. The SMILES string of the molecule is COc1ccc(-c2nc(S[C@@H](CC(=O)NCc3ccccc3)c3ccc(OC)c(OC)c3)n[nH]2)cc1. The van der Waals surface area contributed by atoms with Crippen molar-refractivity contribution in [2.24, 2.45) is 0 Å². The Bertz CT molecular complexity index is 1280. The van der Waals surface area contributed by atoms with E-state index in [-0.39, 0.29) is 17.6 Å².